The Morgan fingerprint density at radius 1 is 1.22 bits per heavy atom. The Kier molecular flexibility index (Phi) is 3.24. The molecule has 18 heavy (non-hydrogen) atoms. The lowest BCUT2D eigenvalue weighted by atomic mass is 10.0. The zero-order valence-electron chi connectivity index (χ0n) is 10.3. The lowest BCUT2D eigenvalue weighted by Crippen LogP contribution is -2.21. The fourth-order valence-corrected chi connectivity index (χ4v) is 1.68. The van der Waals surface area contributed by atoms with Gasteiger partial charge in [-0.2, -0.15) is 10.4 Å². The van der Waals surface area contributed by atoms with Crippen LogP contribution in [0.25, 0.3) is 11.3 Å². The number of aryl methyl sites for hydroxylation is 2. The van der Waals surface area contributed by atoms with Gasteiger partial charge in [-0.25, -0.2) is 4.68 Å². The minimum atomic E-state index is -0.260. The average Bonchev–Trinajstić information content (AvgIpc) is 2.36. The van der Waals surface area contributed by atoms with Crippen LogP contribution in [-0.4, -0.2) is 9.78 Å². The largest absolute Gasteiger partial charge is 0.268 e. The normalized spacial score (nSPS) is 10.1. The van der Waals surface area contributed by atoms with Gasteiger partial charge in [-0.3, -0.25) is 4.79 Å². The SMILES string of the molecule is Cc1ccc(-c2ccc(=O)n(CC#N)n2)cc1C. The monoisotopic (exact) mass is 239 g/mol. The third kappa shape index (κ3) is 2.30. The van der Waals surface area contributed by atoms with Crippen molar-refractivity contribution in [1.82, 2.24) is 9.78 Å². The van der Waals surface area contributed by atoms with E-state index in [1.54, 1.807) is 6.07 Å². The fourth-order valence-electron chi connectivity index (χ4n) is 1.68. The zero-order valence-corrected chi connectivity index (χ0v) is 10.3. The summed E-state index contributed by atoms with van der Waals surface area (Å²) in [7, 11) is 0. The van der Waals surface area contributed by atoms with Crippen molar-refractivity contribution in [2.75, 3.05) is 0 Å². The number of benzene rings is 1. The lowest BCUT2D eigenvalue weighted by molar-refractivity contribution is 0.662. The van der Waals surface area contributed by atoms with Gasteiger partial charge >= 0.3 is 0 Å². The molecule has 0 aliphatic carbocycles. The van der Waals surface area contributed by atoms with E-state index in [1.807, 2.05) is 38.1 Å². The molecular formula is C14H13N3O. The molecule has 2 rings (SSSR count). The summed E-state index contributed by atoms with van der Waals surface area (Å²) in [5.41, 5.74) is 3.78. The first-order chi connectivity index (χ1) is 8.61. The van der Waals surface area contributed by atoms with Crippen LogP contribution < -0.4 is 5.56 Å². The predicted molar refractivity (Wildman–Crippen MR) is 69.0 cm³/mol. The Labute approximate surface area is 105 Å². The van der Waals surface area contributed by atoms with E-state index in [2.05, 4.69) is 5.10 Å². The third-order valence-electron chi connectivity index (χ3n) is 2.89. The molecule has 0 aliphatic rings. The van der Waals surface area contributed by atoms with E-state index in [0.717, 1.165) is 5.56 Å². The van der Waals surface area contributed by atoms with Gasteiger partial charge in [0.05, 0.1) is 11.8 Å². The standard InChI is InChI=1S/C14H13N3O/c1-10-3-4-12(9-11(10)2)13-5-6-14(18)17(16-13)8-7-15/h3-6,9H,8H2,1-2H3. The number of rotatable bonds is 2. The van der Waals surface area contributed by atoms with Gasteiger partial charge in [0, 0.05) is 11.6 Å². The second kappa shape index (κ2) is 4.84. The number of hydrogen-bond donors (Lipinski definition) is 0. The van der Waals surface area contributed by atoms with Crippen LogP contribution in [0.1, 0.15) is 11.1 Å². The van der Waals surface area contributed by atoms with Gasteiger partial charge in [0.2, 0.25) is 0 Å². The summed E-state index contributed by atoms with van der Waals surface area (Å²) in [6, 6.07) is 11.1. The van der Waals surface area contributed by atoms with Crippen molar-refractivity contribution in [3.05, 3.63) is 51.8 Å². The van der Waals surface area contributed by atoms with Gasteiger partial charge in [0.15, 0.2) is 0 Å². The van der Waals surface area contributed by atoms with Crippen LogP contribution in [0.3, 0.4) is 0 Å². The van der Waals surface area contributed by atoms with E-state index in [9.17, 15) is 4.79 Å². The van der Waals surface area contributed by atoms with E-state index >= 15 is 0 Å². The van der Waals surface area contributed by atoms with Crippen LogP contribution in [0.15, 0.2) is 35.1 Å². The maximum Gasteiger partial charge on any atom is 0.267 e. The van der Waals surface area contributed by atoms with Crippen LogP contribution in [-0.2, 0) is 6.54 Å². The molecule has 0 N–H and O–H groups in total. The molecule has 0 bridgehead atoms. The molecule has 4 heteroatoms. The first-order valence-corrected chi connectivity index (χ1v) is 5.64. The number of aromatic nitrogens is 2. The summed E-state index contributed by atoms with van der Waals surface area (Å²) in [6.07, 6.45) is 0. The summed E-state index contributed by atoms with van der Waals surface area (Å²) >= 11 is 0. The quantitative estimate of drug-likeness (QED) is 0.805. The Balaban J connectivity index is 2.51. The van der Waals surface area contributed by atoms with Crippen LogP contribution >= 0.6 is 0 Å². The molecule has 0 aliphatic heterocycles. The molecule has 4 nitrogen and oxygen atoms in total. The van der Waals surface area contributed by atoms with Crippen LogP contribution in [0.4, 0.5) is 0 Å². The Bertz CT molecular complexity index is 680. The van der Waals surface area contributed by atoms with E-state index < -0.39 is 0 Å². The third-order valence-corrected chi connectivity index (χ3v) is 2.89. The maximum atomic E-state index is 11.5. The predicted octanol–water partition coefficient (Wildman–Crippen LogP) is 2.05. The van der Waals surface area contributed by atoms with Crippen molar-refractivity contribution in [3.8, 4) is 17.3 Å². The van der Waals surface area contributed by atoms with Crippen LogP contribution in [0.2, 0.25) is 0 Å². The smallest absolute Gasteiger partial charge is 0.267 e. The second-order valence-electron chi connectivity index (χ2n) is 4.17. The van der Waals surface area contributed by atoms with Gasteiger partial charge in [0.1, 0.15) is 6.54 Å². The maximum absolute atomic E-state index is 11.5. The van der Waals surface area contributed by atoms with Crippen molar-refractivity contribution in [3.63, 3.8) is 0 Å². The molecule has 2 aromatic rings. The first kappa shape index (κ1) is 12.1. The van der Waals surface area contributed by atoms with Crippen molar-refractivity contribution >= 4 is 0 Å². The van der Waals surface area contributed by atoms with Crippen molar-refractivity contribution in [2.24, 2.45) is 0 Å². The number of hydrogen-bond acceptors (Lipinski definition) is 3. The summed E-state index contributed by atoms with van der Waals surface area (Å²) in [4.78, 5) is 11.5. The van der Waals surface area contributed by atoms with Gasteiger partial charge in [-0.15, -0.1) is 0 Å². The Morgan fingerprint density at radius 2 is 2.00 bits per heavy atom. The molecule has 1 aromatic carbocycles. The van der Waals surface area contributed by atoms with Gasteiger partial charge in [0.25, 0.3) is 5.56 Å². The summed E-state index contributed by atoms with van der Waals surface area (Å²) in [5, 5.41) is 12.8. The summed E-state index contributed by atoms with van der Waals surface area (Å²) in [5.74, 6) is 0. The zero-order chi connectivity index (χ0) is 13.1. The molecule has 0 spiro atoms. The van der Waals surface area contributed by atoms with Crippen LogP contribution in [0.5, 0.6) is 0 Å². The highest BCUT2D eigenvalue weighted by Crippen LogP contribution is 2.19. The van der Waals surface area contributed by atoms with E-state index in [1.165, 1.54) is 21.9 Å². The Morgan fingerprint density at radius 3 is 2.67 bits per heavy atom. The topological polar surface area (TPSA) is 58.7 Å². The van der Waals surface area contributed by atoms with Gasteiger partial charge < -0.3 is 0 Å². The molecular weight excluding hydrogens is 226 g/mol. The Hall–Kier alpha value is -2.41. The van der Waals surface area contributed by atoms with E-state index in [-0.39, 0.29) is 12.1 Å². The van der Waals surface area contributed by atoms with E-state index in [4.69, 9.17) is 5.26 Å². The highest BCUT2D eigenvalue weighted by Gasteiger charge is 2.04. The number of nitriles is 1. The number of nitrogens with zero attached hydrogens (tertiary/aromatic N) is 3. The summed E-state index contributed by atoms with van der Waals surface area (Å²) in [6.45, 7) is 4.05. The second-order valence-corrected chi connectivity index (χ2v) is 4.17. The average molecular weight is 239 g/mol. The highest BCUT2D eigenvalue weighted by atomic mass is 16.1. The summed E-state index contributed by atoms with van der Waals surface area (Å²) < 4.78 is 1.17. The molecule has 0 saturated heterocycles. The molecule has 1 heterocycles. The molecule has 0 amide bonds. The minimum Gasteiger partial charge on any atom is -0.268 e. The van der Waals surface area contributed by atoms with Crippen LogP contribution in [0, 0.1) is 25.2 Å². The van der Waals surface area contributed by atoms with Gasteiger partial charge in [-0.05, 0) is 37.1 Å². The first-order valence-electron chi connectivity index (χ1n) is 5.64. The molecule has 1 aromatic heterocycles. The fraction of sp³-hybridized carbons (Fsp3) is 0.214. The van der Waals surface area contributed by atoms with Crippen molar-refractivity contribution < 1.29 is 0 Å². The minimum absolute atomic E-state index is 0.0302. The van der Waals surface area contributed by atoms with Crippen molar-refractivity contribution in [2.45, 2.75) is 20.4 Å². The molecule has 0 saturated carbocycles. The van der Waals surface area contributed by atoms with Crippen molar-refractivity contribution in [1.29, 1.82) is 5.26 Å². The molecule has 0 radical (unpaired) electrons. The lowest BCUT2D eigenvalue weighted by Gasteiger charge is -2.06. The molecule has 0 fully saturated rings. The molecule has 0 unspecified atom stereocenters. The van der Waals surface area contributed by atoms with Gasteiger partial charge in [-0.1, -0.05) is 12.1 Å². The molecule has 0 atom stereocenters. The van der Waals surface area contributed by atoms with E-state index in [0.29, 0.717) is 5.69 Å². The molecule has 90 valence electrons. The highest BCUT2D eigenvalue weighted by molar-refractivity contribution is 5.60.